The van der Waals surface area contributed by atoms with Gasteiger partial charge in [0.1, 0.15) is 5.82 Å². The third kappa shape index (κ3) is 3.23. The lowest BCUT2D eigenvalue weighted by Gasteiger charge is -2.24. The van der Waals surface area contributed by atoms with Gasteiger partial charge in [-0.1, -0.05) is 6.07 Å². The molecular weight excluding hydrogens is 240 g/mol. The lowest BCUT2D eigenvalue weighted by atomic mass is 10.2. The maximum atomic E-state index is 12.1. The number of aryl methyl sites for hydroxylation is 1. The van der Waals surface area contributed by atoms with Crippen LogP contribution in [-0.4, -0.2) is 42.5 Å². The fourth-order valence-corrected chi connectivity index (χ4v) is 2.41. The number of nitrogens with two attached hydrogens (primary N) is 1. The predicted molar refractivity (Wildman–Crippen MR) is 75.9 cm³/mol. The zero-order chi connectivity index (χ0) is 13.8. The quantitative estimate of drug-likeness (QED) is 0.876. The number of hydrogen-bond donors (Lipinski definition) is 1. The molecule has 0 aliphatic carbocycles. The van der Waals surface area contributed by atoms with Crippen LogP contribution in [0.1, 0.15) is 24.1 Å². The van der Waals surface area contributed by atoms with Crippen LogP contribution >= 0.6 is 0 Å². The van der Waals surface area contributed by atoms with E-state index in [1.807, 2.05) is 35.9 Å². The second-order valence-electron chi connectivity index (χ2n) is 5.08. The number of carbonyl (C=O) groups excluding carboxylic acids is 1. The van der Waals surface area contributed by atoms with Gasteiger partial charge in [0.2, 0.25) is 5.91 Å². The molecule has 5 heteroatoms. The Morgan fingerprint density at radius 3 is 2.74 bits per heavy atom. The van der Waals surface area contributed by atoms with E-state index in [1.165, 1.54) is 0 Å². The summed E-state index contributed by atoms with van der Waals surface area (Å²) in [5.74, 6) is 0.987. The zero-order valence-corrected chi connectivity index (χ0v) is 11.7. The van der Waals surface area contributed by atoms with E-state index in [0.29, 0.717) is 13.1 Å². The standard InChI is InChI=1S/C14H22N4O/c1-11-5-6-12(9-15)14(16-11)17(2)10-13(19)18-7-3-4-8-18/h5-6H,3-4,7-10,15H2,1-2H3. The molecule has 19 heavy (non-hydrogen) atoms. The first-order chi connectivity index (χ1) is 9.11. The van der Waals surface area contributed by atoms with Crippen LogP contribution in [0.15, 0.2) is 12.1 Å². The average molecular weight is 262 g/mol. The van der Waals surface area contributed by atoms with Gasteiger partial charge in [-0.05, 0) is 25.8 Å². The molecule has 2 rings (SSSR count). The van der Waals surface area contributed by atoms with Crippen molar-refractivity contribution in [1.29, 1.82) is 0 Å². The zero-order valence-electron chi connectivity index (χ0n) is 11.7. The summed E-state index contributed by atoms with van der Waals surface area (Å²) in [6, 6.07) is 3.93. The van der Waals surface area contributed by atoms with Gasteiger partial charge < -0.3 is 15.5 Å². The maximum absolute atomic E-state index is 12.1. The Bertz CT molecular complexity index is 455. The fraction of sp³-hybridized carbons (Fsp3) is 0.571. The number of anilines is 1. The third-order valence-electron chi connectivity index (χ3n) is 3.51. The van der Waals surface area contributed by atoms with Crippen molar-refractivity contribution in [3.05, 3.63) is 23.4 Å². The molecule has 0 unspecified atom stereocenters. The van der Waals surface area contributed by atoms with E-state index < -0.39 is 0 Å². The van der Waals surface area contributed by atoms with Crippen LogP contribution in [0.3, 0.4) is 0 Å². The lowest BCUT2D eigenvalue weighted by molar-refractivity contribution is -0.128. The molecule has 104 valence electrons. The molecule has 2 heterocycles. The average Bonchev–Trinajstić information content (AvgIpc) is 2.92. The summed E-state index contributed by atoms with van der Waals surface area (Å²) in [6.07, 6.45) is 2.23. The van der Waals surface area contributed by atoms with Crippen molar-refractivity contribution in [3.8, 4) is 0 Å². The molecule has 1 aromatic heterocycles. The molecule has 0 spiro atoms. The number of amides is 1. The van der Waals surface area contributed by atoms with Crippen LogP contribution in [0, 0.1) is 6.92 Å². The summed E-state index contributed by atoms with van der Waals surface area (Å²) < 4.78 is 0. The van der Waals surface area contributed by atoms with Crippen LogP contribution in [-0.2, 0) is 11.3 Å². The highest BCUT2D eigenvalue weighted by Crippen LogP contribution is 2.17. The molecule has 1 amide bonds. The molecule has 0 saturated carbocycles. The molecule has 0 aromatic carbocycles. The highest BCUT2D eigenvalue weighted by atomic mass is 16.2. The lowest BCUT2D eigenvalue weighted by Crippen LogP contribution is -2.38. The Balaban J connectivity index is 2.08. The molecule has 1 saturated heterocycles. The molecule has 0 atom stereocenters. The van der Waals surface area contributed by atoms with Gasteiger partial charge in [-0.15, -0.1) is 0 Å². The number of likely N-dealkylation sites (N-methyl/N-ethyl adjacent to an activating group) is 1. The van der Waals surface area contributed by atoms with E-state index in [2.05, 4.69) is 4.98 Å². The van der Waals surface area contributed by atoms with E-state index in [0.717, 1.165) is 43.0 Å². The van der Waals surface area contributed by atoms with Crippen LogP contribution in [0.2, 0.25) is 0 Å². The summed E-state index contributed by atoms with van der Waals surface area (Å²) in [5, 5.41) is 0. The Morgan fingerprint density at radius 2 is 2.11 bits per heavy atom. The van der Waals surface area contributed by atoms with Crippen LogP contribution in [0.4, 0.5) is 5.82 Å². The number of rotatable bonds is 4. The molecular formula is C14H22N4O. The molecule has 1 fully saturated rings. The van der Waals surface area contributed by atoms with Gasteiger partial charge in [0.25, 0.3) is 0 Å². The Kier molecular flexibility index (Phi) is 4.37. The molecule has 1 aliphatic rings. The van der Waals surface area contributed by atoms with Gasteiger partial charge in [0.05, 0.1) is 6.54 Å². The van der Waals surface area contributed by atoms with Crippen molar-refractivity contribution in [2.45, 2.75) is 26.3 Å². The minimum Gasteiger partial charge on any atom is -0.350 e. The summed E-state index contributed by atoms with van der Waals surface area (Å²) >= 11 is 0. The van der Waals surface area contributed by atoms with Crippen molar-refractivity contribution in [2.75, 3.05) is 31.6 Å². The number of aromatic nitrogens is 1. The smallest absolute Gasteiger partial charge is 0.242 e. The minimum absolute atomic E-state index is 0.172. The highest BCUT2D eigenvalue weighted by molar-refractivity contribution is 5.81. The molecule has 1 aromatic rings. The van der Waals surface area contributed by atoms with E-state index in [9.17, 15) is 4.79 Å². The molecule has 1 aliphatic heterocycles. The summed E-state index contributed by atoms with van der Waals surface area (Å²) in [7, 11) is 1.90. The van der Waals surface area contributed by atoms with Crippen molar-refractivity contribution in [1.82, 2.24) is 9.88 Å². The normalized spacial score (nSPS) is 14.8. The molecule has 5 nitrogen and oxygen atoms in total. The highest BCUT2D eigenvalue weighted by Gasteiger charge is 2.20. The topological polar surface area (TPSA) is 62.5 Å². The number of nitrogens with zero attached hydrogens (tertiary/aromatic N) is 3. The number of likely N-dealkylation sites (tertiary alicyclic amines) is 1. The monoisotopic (exact) mass is 262 g/mol. The van der Waals surface area contributed by atoms with Gasteiger partial charge >= 0.3 is 0 Å². The number of pyridine rings is 1. The van der Waals surface area contributed by atoms with E-state index in [1.54, 1.807) is 0 Å². The molecule has 0 radical (unpaired) electrons. The SMILES string of the molecule is Cc1ccc(CN)c(N(C)CC(=O)N2CCCC2)n1. The van der Waals surface area contributed by atoms with Crippen LogP contribution in [0.25, 0.3) is 0 Å². The fourth-order valence-electron chi connectivity index (χ4n) is 2.41. The van der Waals surface area contributed by atoms with Crippen LogP contribution in [0.5, 0.6) is 0 Å². The van der Waals surface area contributed by atoms with Gasteiger partial charge in [0, 0.05) is 37.9 Å². The van der Waals surface area contributed by atoms with Gasteiger partial charge in [-0.2, -0.15) is 0 Å². The Labute approximate surface area is 114 Å². The van der Waals surface area contributed by atoms with Crippen molar-refractivity contribution >= 4 is 11.7 Å². The van der Waals surface area contributed by atoms with E-state index >= 15 is 0 Å². The summed E-state index contributed by atoms with van der Waals surface area (Å²) in [6.45, 7) is 4.52. The summed E-state index contributed by atoms with van der Waals surface area (Å²) in [4.78, 5) is 20.5. The van der Waals surface area contributed by atoms with Gasteiger partial charge in [-0.3, -0.25) is 4.79 Å². The first-order valence-corrected chi connectivity index (χ1v) is 6.77. The van der Waals surface area contributed by atoms with E-state index in [4.69, 9.17) is 5.73 Å². The van der Waals surface area contributed by atoms with Gasteiger partial charge in [-0.25, -0.2) is 4.98 Å². The van der Waals surface area contributed by atoms with Crippen LogP contribution < -0.4 is 10.6 Å². The molecule has 2 N–H and O–H groups in total. The largest absolute Gasteiger partial charge is 0.350 e. The van der Waals surface area contributed by atoms with Gasteiger partial charge in [0.15, 0.2) is 0 Å². The first kappa shape index (κ1) is 13.8. The molecule has 0 bridgehead atoms. The minimum atomic E-state index is 0.172. The van der Waals surface area contributed by atoms with Crippen molar-refractivity contribution in [3.63, 3.8) is 0 Å². The number of hydrogen-bond acceptors (Lipinski definition) is 4. The Hall–Kier alpha value is -1.62. The summed E-state index contributed by atoms with van der Waals surface area (Å²) in [5.41, 5.74) is 7.64. The maximum Gasteiger partial charge on any atom is 0.242 e. The second kappa shape index (κ2) is 6.02. The number of carbonyl (C=O) groups is 1. The van der Waals surface area contributed by atoms with E-state index in [-0.39, 0.29) is 5.91 Å². The first-order valence-electron chi connectivity index (χ1n) is 6.77. The predicted octanol–water partition coefficient (Wildman–Crippen LogP) is 0.907. The Morgan fingerprint density at radius 1 is 1.42 bits per heavy atom. The third-order valence-corrected chi connectivity index (χ3v) is 3.51. The van der Waals surface area contributed by atoms with Crippen molar-refractivity contribution in [2.24, 2.45) is 5.73 Å². The van der Waals surface area contributed by atoms with Crippen molar-refractivity contribution < 1.29 is 4.79 Å². The second-order valence-corrected chi connectivity index (χ2v) is 5.08.